The molecule has 1 aliphatic heterocycles. The number of aromatic amines is 1. The van der Waals surface area contributed by atoms with Gasteiger partial charge in [-0.3, -0.25) is 24.6 Å². The Morgan fingerprint density at radius 2 is 2.14 bits per heavy atom. The van der Waals surface area contributed by atoms with Gasteiger partial charge in [0.25, 0.3) is 0 Å². The zero-order valence-electron chi connectivity index (χ0n) is 11.7. The summed E-state index contributed by atoms with van der Waals surface area (Å²) >= 11 is 0. The zero-order valence-corrected chi connectivity index (χ0v) is 11.7. The third-order valence-electron chi connectivity index (χ3n) is 4.37. The number of amides is 3. The summed E-state index contributed by atoms with van der Waals surface area (Å²) < 4.78 is 0. The van der Waals surface area contributed by atoms with Crippen molar-refractivity contribution in [3.05, 3.63) is 12.4 Å². The minimum atomic E-state index is -0.464. The number of carbonyl (C=O) groups is 3. The van der Waals surface area contributed by atoms with Crippen molar-refractivity contribution >= 4 is 23.7 Å². The van der Waals surface area contributed by atoms with Gasteiger partial charge in [-0.15, -0.1) is 0 Å². The second-order valence-electron chi connectivity index (χ2n) is 5.75. The van der Waals surface area contributed by atoms with E-state index in [0.29, 0.717) is 12.4 Å². The maximum absolute atomic E-state index is 12.4. The molecule has 21 heavy (non-hydrogen) atoms. The Balaban J connectivity index is 1.56. The Labute approximate surface area is 122 Å². The Morgan fingerprint density at radius 1 is 1.38 bits per heavy atom. The monoisotopic (exact) mass is 290 g/mol. The quantitative estimate of drug-likeness (QED) is 0.810. The molecule has 1 aromatic rings. The van der Waals surface area contributed by atoms with Gasteiger partial charge in [0.05, 0.1) is 5.41 Å². The van der Waals surface area contributed by atoms with Gasteiger partial charge in [0.1, 0.15) is 0 Å². The van der Waals surface area contributed by atoms with E-state index in [0.717, 1.165) is 25.7 Å². The molecule has 1 spiro atoms. The number of imidazole rings is 1. The Hall–Kier alpha value is -2.18. The highest BCUT2D eigenvalue weighted by Crippen LogP contribution is 2.46. The highest BCUT2D eigenvalue weighted by Gasteiger charge is 2.52. The molecule has 0 radical (unpaired) electrons. The van der Waals surface area contributed by atoms with E-state index in [1.54, 1.807) is 6.20 Å². The van der Waals surface area contributed by atoms with E-state index in [9.17, 15) is 14.4 Å². The summed E-state index contributed by atoms with van der Waals surface area (Å²) in [5.74, 6) is -0.132. The first kappa shape index (κ1) is 13.8. The summed E-state index contributed by atoms with van der Waals surface area (Å²) in [5.41, 5.74) is -0.464. The second kappa shape index (κ2) is 5.31. The first-order valence-electron chi connectivity index (χ1n) is 7.25. The molecule has 1 saturated carbocycles. The summed E-state index contributed by atoms with van der Waals surface area (Å²) in [6.45, 7) is 0.145. The van der Waals surface area contributed by atoms with Gasteiger partial charge in [0.2, 0.25) is 23.7 Å². The van der Waals surface area contributed by atoms with Crippen molar-refractivity contribution in [1.29, 1.82) is 0 Å². The Morgan fingerprint density at radius 3 is 2.81 bits per heavy atom. The van der Waals surface area contributed by atoms with Crippen LogP contribution in [-0.4, -0.2) is 39.1 Å². The molecule has 7 nitrogen and oxygen atoms in total. The number of hydrogen-bond acceptors (Lipinski definition) is 4. The SMILES string of the molecule is O=C(CCN1C(=O)CC2(CCCC2)C1=O)Nc1ncc[nH]1. The van der Waals surface area contributed by atoms with Crippen molar-refractivity contribution in [2.45, 2.75) is 38.5 Å². The zero-order chi connectivity index (χ0) is 14.9. The number of anilines is 1. The van der Waals surface area contributed by atoms with Gasteiger partial charge in [-0.1, -0.05) is 12.8 Å². The van der Waals surface area contributed by atoms with Crippen LogP contribution in [0, 0.1) is 5.41 Å². The lowest BCUT2D eigenvalue weighted by molar-refractivity contribution is -0.141. The minimum absolute atomic E-state index is 0.0872. The maximum atomic E-state index is 12.4. The smallest absolute Gasteiger partial charge is 0.235 e. The van der Waals surface area contributed by atoms with E-state index < -0.39 is 5.41 Å². The first-order valence-corrected chi connectivity index (χ1v) is 7.25. The van der Waals surface area contributed by atoms with Crippen LogP contribution in [0.5, 0.6) is 0 Å². The number of likely N-dealkylation sites (tertiary alicyclic amines) is 1. The lowest BCUT2D eigenvalue weighted by atomic mass is 9.84. The summed E-state index contributed by atoms with van der Waals surface area (Å²) in [6.07, 6.45) is 7.15. The van der Waals surface area contributed by atoms with E-state index in [-0.39, 0.29) is 30.7 Å². The van der Waals surface area contributed by atoms with Gasteiger partial charge < -0.3 is 4.98 Å². The molecule has 3 amide bonds. The van der Waals surface area contributed by atoms with Crippen molar-refractivity contribution in [2.75, 3.05) is 11.9 Å². The van der Waals surface area contributed by atoms with Crippen LogP contribution in [0.3, 0.4) is 0 Å². The lowest BCUT2D eigenvalue weighted by Crippen LogP contribution is -2.36. The van der Waals surface area contributed by atoms with Crippen LogP contribution in [0.15, 0.2) is 12.4 Å². The number of nitrogens with zero attached hydrogens (tertiary/aromatic N) is 2. The average molecular weight is 290 g/mol. The second-order valence-corrected chi connectivity index (χ2v) is 5.75. The van der Waals surface area contributed by atoms with Gasteiger partial charge in [0.15, 0.2) is 0 Å². The highest BCUT2D eigenvalue weighted by molar-refractivity contribution is 6.06. The Kier molecular flexibility index (Phi) is 3.48. The number of imide groups is 1. The number of carbonyl (C=O) groups excluding carboxylic acids is 3. The molecule has 0 unspecified atom stereocenters. The topological polar surface area (TPSA) is 95.2 Å². The number of H-pyrrole nitrogens is 1. The predicted molar refractivity (Wildman–Crippen MR) is 74.1 cm³/mol. The molecule has 0 atom stereocenters. The average Bonchev–Trinajstić information content (AvgIpc) is 3.14. The summed E-state index contributed by atoms with van der Waals surface area (Å²) in [6, 6.07) is 0. The van der Waals surface area contributed by atoms with Crippen molar-refractivity contribution in [3.63, 3.8) is 0 Å². The van der Waals surface area contributed by atoms with Gasteiger partial charge >= 0.3 is 0 Å². The summed E-state index contributed by atoms with van der Waals surface area (Å²) in [4.78, 5) is 44.1. The van der Waals surface area contributed by atoms with Crippen LogP contribution < -0.4 is 5.32 Å². The first-order chi connectivity index (χ1) is 10.1. The predicted octanol–water partition coefficient (Wildman–Crippen LogP) is 1.06. The van der Waals surface area contributed by atoms with Crippen LogP contribution in [-0.2, 0) is 14.4 Å². The third kappa shape index (κ3) is 2.55. The molecule has 1 aliphatic carbocycles. The van der Waals surface area contributed by atoms with E-state index in [1.807, 2.05) is 0 Å². The molecule has 1 saturated heterocycles. The largest absolute Gasteiger partial charge is 0.331 e. The van der Waals surface area contributed by atoms with Gasteiger partial charge in [-0.25, -0.2) is 4.98 Å². The Bertz CT molecular complexity index is 561. The molecule has 2 heterocycles. The molecular formula is C14H18N4O3. The number of aromatic nitrogens is 2. The molecule has 3 rings (SSSR count). The van der Waals surface area contributed by atoms with Gasteiger partial charge in [-0.05, 0) is 12.8 Å². The standard InChI is InChI=1S/C14H18N4O3/c19-10(17-13-15-6-7-16-13)3-8-18-11(20)9-14(12(18)21)4-1-2-5-14/h6-7H,1-5,8-9H2,(H2,15,16,17,19). The van der Waals surface area contributed by atoms with Crippen LogP contribution in [0.4, 0.5) is 5.95 Å². The maximum Gasteiger partial charge on any atom is 0.235 e. The fourth-order valence-electron chi connectivity index (χ4n) is 3.27. The molecule has 112 valence electrons. The fraction of sp³-hybridized carbons (Fsp3) is 0.571. The van der Waals surface area contributed by atoms with Crippen molar-refractivity contribution in [1.82, 2.24) is 14.9 Å². The van der Waals surface area contributed by atoms with Crippen molar-refractivity contribution < 1.29 is 14.4 Å². The number of rotatable bonds is 4. The molecule has 1 aromatic heterocycles. The molecule has 7 heteroatoms. The van der Waals surface area contributed by atoms with Crippen LogP contribution in [0.2, 0.25) is 0 Å². The van der Waals surface area contributed by atoms with Crippen LogP contribution >= 0.6 is 0 Å². The number of hydrogen-bond donors (Lipinski definition) is 2. The van der Waals surface area contributed by atoms with E-state index in [4.69, 9.17) is 0 Å². The van der Waals surface area contributed by atoms with Crippen molar-refractivity contribution in [3.8, 4) is 0 Å². The van der Waals surface area contributed by atoms with Crippen LogP contribution in [0.25, 0.3) is 0 Å². The normalized spacial score (nSPS) is 20.5. The lowest BCUT2D eigenvalue weighted by Gasteiger charge is -2.20. The molecule has 2 N–H and O–H groups in total. The van der Waals surface area contributed by atoms with E-state index in [2.05, 4.69) is 15.3 Å². The minimum Gasteiger partial charge on any atom is -0.331 e. The molecule has 0 bridgehead atoms. The summed E-state index contributed by atoms with van der Waals surface area (Å²) in [5, 5.41) is 2.58. The van der Waals surface area contributed by atoms with E-state index in [1.165, 1.54) is 11.1 Å². The molecular weight excluding hydrogens is 272 g/mol. The highest BCUT2D eigenvalue weighted by atomic mass is 16.2. The van der Waals surface area contributed by atoms with E-state index >= 15 is 0 Å². The van der Waals surface area contributed by atoms with Gasteiger partial charge in [0, 0.05) is 31.8 Å². The summed E-state index contributed by atoms with van der Waals surface area (Å²) in [7, 11) is 0. The van der Waals surface area contributed by atoms with Gasteiger partial charge in [-0.2, -0.15) is 0 Å². The molecule has 2 aliphatic rings. The van der Waals surface area contributed by atoms with Crippen molar-refractivity contribution in [2.24, 2.45) is 5.41 Å². The van der Waals surface area contributed by atoms with Crippen LogP contribution in [0.1, 0.15) is 38.5 Å². The molecule has 0 aromatic carbocycles. The number of nitrogens with one attached hydrogen (secondary N) is 2. The molecule has 2 fully saturated rings. The third-order valence-corrected chi connectivity index (χ3v) is 4.37. The fourth-order valence-corrected chi connectivity index (χ4v) is 3.27.